The number of carbonyl (C=O) groups is 2. The van der Waals surface area contributed by atoms with Gasteiger partial charge < -0.3 is 15.4 Å². The number of aromatic nitrogens is 3. The van der Waals surface area contributed by atoms with Crippen LogP contribution in [-0.2, 0) is 9.59 Å². The molecule has 0 saturated heterocycles. The number of anilines is 2. The maximum atomic E-state index is 12.8. The monoisotopic (exact) mass is 487 g/mol. The van der Waals surface area contributed by atoms with Gasteiger partial charge in [-0.1, -0.05) is 17.8 Å². The zero-order chi connectivity index (χ0) is 24.2. The van der Waals surface area contributed by atoms with E-state index in [1.54, 1.807) is 13.0 Å². The van der Waals surface area contributed by atoms with Crippen molar-refractivity contribution in [2.45, 2.75) is 49.6 Å². The molecular weight excluding hydrogens is 464 g/mol. The van der Waals surface area contributed by atoms with Crippen LogP contribution < -0.4 is 15.4 Å². The van der Waals surface area contributed by atoms with Crippen molar-refractivity contribution >= 4 is 35.0 Å². The van der Waals surface area contributed by atoms with Crippen LogP contribution >= 0.6 is 11.8 Å². The van der Waals surface area contributed by atoms with Crippen LogP contribution in [0.1, 0.15) is 38.4 Å². The van der Waals surface area contributed by atoms with Crippen LogP contribution in [0.15, 0.2) is 53.7 Å². The van der Waals surface area contributed by atoms with E-state index in [9.17, 15) is 18.4 Å². The second-order valence-corrected chi connectivity index (χ2v) is 9.14. The van der Waals surface area contributed by atoms with Crippen molar-refractivity contribution in [1.29, 1.82) is 0 Å². The molecule has 0 radical (unpaired) electrons. The highest BCUT2D eigenvalue weighted by Crippen LogP contribution is 2.41. The van der Waals surface area contributed by atoms with Crippen molar-refractivity contribution < 1.29 is 23.1 Å². The minimum Gasteiger partial charge on any atom is -0.435 e. The summed E-state index contributed by atoms with van der Waals surface area (Å²) >= 11 is 1.26. The molecule has 1 saturated carbocycles. The molecule has 8 nitrogen and oxygen atoms in total. The first-order valence-electron chi connectivity index (χ1n) is 10.7. The average molecular weight is 488 g/mol. The lowest BCUT2D eigenvalue weighted by atomic mass is 10.2. The number of nitrogens with zero attached hydrogens (tertiary/aromatic N) is 3. The van der Waals surface area contributed by atoms with Gasteiger partial charge in [-0.05, 0) is 62.2 Å². The minimum atomic E-state index is -2.91. The van der Waals surface area contributed by atoms with Crippen molar-refractivity contribution in [3.63, 3.8) is 0 Å². The lowest BCUT2D eigenvalue weighted by Crippen LogP contribution is -2.23. The molecule has 178 valence electrons. The number of carbonyl (C=O) groups excluding carboxylic acids is 2. The minimum absolute atomic E-state index is 0.0117. The van der Waals surface area contributed by atoms with Gasteiger partial charge in [0.2, 0.25) is 11.8 Å². The summed E-state index contributed by atoms with van der Waals surface area (Å²) in [5, 5.41) is 14.3. The van der Waals surface area contributed by atoms with Crippen molar-refractivity contribution in [2.24, 2.45) is 0 Å². The summed E-state index contributed by atoms with van der Waals surface area (Å²) in [6.45, 7) is 0.286. The summed E-state index contributed by atoms with van der Waals surface area (Å²) in [5.41, 5.74) is 1.91. The maximum Gasteiger partial charge on any atom is 0.387 e. The van der Waals surface area contributed by atoms with Crippen molar-refractivity contribution in [3.8, 4) is 11.4 Å². The van der Waals surface area contributed by atoms with Gasteiger partial charge in [0.15, 0.2) is 5.16 Å². The maximum absolute atomic E-state index is 12.8. The van der Waals surface area contributed by atoms with E-state index in [1.807, 2.05) is 22.8 Å². The predicted octanol–water partition coefficient (Wildman–Crippen LogP) is 4.82. The number of thioether (sulfide) groups is 1. The van der Waals surface area contributed by atoms with Crippen LogP contribution in [0.3, 0.4) is 0 Å². The molecule has 2 aromatic carbocycles. The topological polar surface area (TPSA) is 98.1 Å². The van der Waals surface area contributed by atoms with Gasteiger partial charge in [0, 0.05) is 24.2 Å². The number of amides is 2. The first kappa shape index (κ1) is 23.7. The Hall–Kier alpha value is -3.47. The Bertz CT molecular complexity index is 1180. The summed E-state index contributed by atoms with van der Waals surface area (Å²) in [7, 11) is 0. The van der Waals surface area contributed by atoms with Crippen molar-refractivity contribution in [3.05, 3.63) is 54.4 Å². The molecule has 11 heteroatoms. The summed E-state index contributed by atoms with van der Waals surface area (Å²) in [6.07, 6.45) is 2.05. The lowest BCUT2D eigenvalue weighted by Gasteiger charge is -2.15. The van der Waals surface area contributed by atoms with Crippen molar-refractivity contribution in [1.82, 2.24) is 14.8 Å². The molecule has 0 bridgehead atoms. The molecule has 2 amide bonds. The highest BCUT2D eigenvalue weighted by Gasteiger charge is 2.32. The van der Waals surface area contributed by atoms with Crippen LogP contribution in [-0.4, -0.2) is 38.4 Å². The Morgan fingerprint density at radius 1 is 1.09 bits per heavy atom. The van der Waals surface area contributed by atoms with Crippen LogP contribution in [0.25, 0.3) is 5.69 Å². The Balaban J connectivity index is 1.50. The molecule has 34 heavy (non-hydrogen) atoms. The summed E-state index contributed by atoms with van der Waals surface area (Å²) < 4.78 is 30.9. The van der Waals surface area contributed by atoms with Gasteiger partial charge in [0.1, 0.15) is 11.6 Å². The van der Waals surface area contributed by atoms with Gasteiger partial charge in [0.25, 0.3) is 0 Å². The number of alkyl halides is 2. The molecule has 0 aliphatic heterocycles. The van der Waals surface area contributed by atoms with E-state index in [0.29, 0.717) is 22.4 Å². The van der Waals surface area contributed by atoms with Gasteiger partial charge in [-0.2, -0.15) is 8.78 Å². The van der Waals surface area contributed by atoms with E-state index in [0.717, 1.165) is 24.4 Å². The molecule has 1 aliphatic carbocycles. The number of halogens is 2. The molecule has 1 atom stereocenters. The summed E-state index contributed by atoms with van der Waals surface area (Å²) in [4.78, 5) is 24.2. The Labute approximate surface area is 199 Å². The second kappa shape index (κ2) is 10.2. The van der Waals surface area contributed by atoms with Gasteiger partial charge >= 0.3 is 6.61 Å². The highest BCUT2D eigenvalue weighted by atomic mass is 32.2. The zero-order valence-corrected chi connectivity index (χ0v) is 19.3. The smallest absolute Gasteiger partial charge is 0.387 e. The molecule has 1 aromatic heterocycles. The van der Waals surface area contributed by atoms with E-state index in [1.165, 1.54) is 43.0 Å². The van der Waals surface area contributed by atoms with Crippen LogP contribution in [0.5, 0.6) is 5.75 Å². The lowest BCUT2D eigenvalue weighted by molar-refractivity contribution is -0.115. The SMILES string of the molecule is CC(=O)Nc1cccc(-n2c(SC(C)C(=O)Nc3ccc(OC(F)F)cc3)nnc2C2CC2)c1. The molecule has 0 spiro atoms. The number of benzene rings is 2. The Morgan fingerprint density at radius 2 is 1.82 bits per heavy atom. The highest BCUT2D eigenvalue weighted by molar-refractivity contribution is 8.00. The summed E-state index contributed by atoms with van der Waals surface area (Å²) in [6, 6.07) is 13.1. The predicted molar refractivity (Wildman–Crippen MR) is 125 cm³/mol. The average Bonchev–Trinajstić information content (AvgIpc) is 3.54. The van der Waals surface area contributed by atoms with Crippen LogP contribution in [0.4, 0.5) is 20.2 Å². The van der Waals surface area contributed by atoms with Crippen LogP contribution in [0.2, 0.25) is 0 Å². The Kier molecular flexibility index (Phi) is 7.11. The van der Waals surface area contributed by atoms with Gasteiger partial charge in [0.05, 0.1) is 10.9 Å². The van der Waals surface area contributed by atoms with E-state index < -0.39 is 11.9 Å². The van der Waals surface area contributed by atoms with E-state index in [-0.39, 0.29) is 17.6 Å². The first-order chi connectivity index (χ1) is 16.3. The van der Waals surface area contributed by atoms with Crippen LogP contribution in [0, 0.1) is 0 Å². The number of ether oxygens (including phenoxy) is 1. The van der Waals surface area contributed by atoms with Gasteiger partial charge in [-0.3, -0.25) is 14.2 Å². The molecule has 1 unspecified atom stereocenters. The largest absolute Gasteiger partial charge is 0.435 e. The molecule has 1 heterocycles. The molecule has 1 aliphatic rings. The third kappa shape index (κ3) is 5.90. The number of hydrogen-bond donors (Lipinski definition) is 2. The fourth-order valence-corrected chi connectivity index (χ4v) is 4.18. The summed E-state index contributed by atoms with van der Waals surface area (Å²) in [5.74, 6) is 0.700. The fraction of sp³-hybridized carbons (Fsp3) is 0.304. The zero-order valence-electron chi connectivity index (χ0n) is 18.5. The molecular formula is C23H23F2N5O3S. The Morgan fingerprint density at radius 3 is 2.47 bits per heavy atom. The molecule has 1 fully saturated rings. The third-order valence-corrected chi connectivity index (χ3v) is 6.07. The second-order valence-electron chi connectivity index (χ2n) is 7.83. The van der Waals surface area contributed by atoms with E-state index >= 15 is 0 Å². The van der Waals surface area contributed by atoms with E-state index in [2.05, 4.69) is 25.6 Å². The van der Waals surface area contributed by atoms with E-state index in [4.69, 9.17) is 0 Å². The van der Waals surface area contributed by atoms with Gasteiger partial charge in [-0.25, -0.2) is 0 Å². The number of nitrogens with one attached hydrogen (secondary N) is 2. The van der Waals surface area contributed by atoms with Crippen molar-refractivity contribution in [2.75, 3.05) is 10.6 Å². The third-order valence-electron chi connectivity index (χ3n) is 5.02. The van der Waals surface area contributed by atoms with Gasteiger partial charge in [-0.15, -0.1) is 10.2 Å². The normalized spacial score (nSPS) is 14.0. The number of rotatable bonds is 9. The number of hydrogen-bond acceptors (Lipinski definition) is 6. The molecule has 3 aromatic rings. The first-order valence-corrected chi connectivity index (χ1v) is 11.5. The quantitative estimate of drug-likeness (QED) is 0.420. The molecule has 2 N–H and O–H groups in total. The molecule has 4 rings (SSSR count). The fourth-order valence-electron chi connectivity index (χ4n) is 3.31. The standard InChI is InChI=1S/C23H23F2N5O3S/c1-13(21(32)27-16-8-10-19(11-9-16)33-22(24)25)34-23-29-28-20(15-6-7-15)30(23)18-5-3-4-17(12-18)26-14(2)31/h3-5,8-13,15,22H,6-7H2,1-2H3,(H,26,31)(H,27,32).